The number of nitrogens with two attached hydrogens (primary N) is 1. The van der Waals surface area contributed by atoms with E-state index in [1.807, 2.05) is 0 Å². The Bertz CT molecular complexity index is 301. The second kappa shape index (κ2) is 6.14. The van der Waals surface area contributed by atoms with Crippen LogP contribution in [0, 0.1) is 5.92 Å². The lowest BCUT2D eigenvalue weighted by molar-refractivity contribution is -0.167. The summed E-state index contributed by atoms with van der Waals surface area (Å²) in [6.45, 7) is 1.85. The molecule has 0 spiro atoms. The van der Waals surface area contributed by atoms with Gasteiger partial charge in [0.1, 0.15) is 5.92 Å². The lowest BCUT2D eigenvalue weighted by Gasteiger charge is -2.37. The van der Waals surface area contributed by atoms with E-state index < -0.39 is 23.2 Å². The molecule has 0 bridgehead atoms. The standard InChI is InChI=1S/C10H17F3N2O2S/c1-6-2-15(3-7(5-16)17-6)4-8(9(14)18)10(11,12)13/h6-8,16H,2-5H2,1H3,(H2,14,18). The first-order valence-corrected chi connectivity index (χ1v) is 5.99. The Kier molecular flexibility index (Phi) is 5.32. The third-order valence-electron chi connectivity index (χ3n) is 2.78. The molecule has 4 nitrogen and oxygen atoms in total. The van der Waals surface area contributed by atoms with Crippen molar-refractivity contribution in [2.75, 3.05) is 26.2 Å². The first kappa shape index (κ1) is 15.6. The number of alkyl halides is 3. The van der Waals surface area contributed by atoms with Crippen molar-refractivity contribution in [1.29, 1.82) is 0 Å². The Balaban J connectivity index is 2.66. The molecule has 1 rings (SSSR count). The molecule has 3 N–H and O–H groups in total. The van der Waals surface area contributed by atoms with Crippen molar-refractivity contribution in [2.45, 2.75) is 25.3 Å². The van der Waals surface area contributed by atoms with E-state index in [2.05, 4.69) is 12.2 Å². The van der Waals surface area contributed by atoms with Gasteiger partial charge in [-0.05, 0) is 6.92 Å². The molecule has 1 heterocycles. The molecule has 0 saturated carbocycles. The lowest BCUT2D eigenvalue weighted by atomic mass is 10.1. The van der Waals surface area contributed by atoms with Crippen molar-refractivity contribution in [1.82, 2.24) is 4.90 Å². The van der Waals surface area contributed by atoms with Gasteiger partial charge < -0.3 is 15.6 Å². The van der Waals surface area contributed by atoms with E-state index >= 15 is 0 Å². The average molecular weight is 286 g/mol. The van der Waals surface area contributed by atoms with Crippen LogP contribution in [-0.4, -0.2) is 59.6 Å². The molecule has 0 radical (unpaired) electrons. The Morgan fingerprint density at radius 3 is 2.61 bits per heavy atom. The molecule has 0 aromatic heterocycles. The van der Waals surface area contributed by atoms with Gasteiger partial charge in [-0.3, -0.25) is 4.90 Å². The number of nitrogens with zero attached hydrogens (tertiary/aromatic N) is 1. The van der Waals surface area contributed by atoms with Gasteiger partial charge in [0.25, 0.3) is 0 Å². The zero-order chi connectivity index (χ0) is 13.9. The van der Waals surface area contributed by atoms with Crippen molar-refractivity contribution in [3.05, 3.63) is 0 Å². The molecule has 0 aliphatic carbocycles. The lowest BCUT2D eigenvalue weighted by Crippen LogP contribution is -2.52. The van der Waals surface area contributed by atoms with Crippen LogP contribution >= 0.6 is 12.2 Å². The van der Waals surface area contributed by atoms with Gasteiger partial charge >= 0.3 is 6.18 Å². The highest BCUT2D eigenvalue weighted by Gasteiger charge is 2.43. The molecule has 1 saturated heterocycles. The quantitative estimate of drug-likeness (QED) is 0.739. The molecule has 1 aliphatic heterocycles. The summed E-state index contributed by atoms with van der Waals surface area (Å²) in [5, 5.41) is 9.01. The van der Waals surface area contributed by atoms with Gasteiger partial charge in [-0.2, -0.15) is 13.2 Å². The van der Waals surface area contributed by atoms with Gasteiger partial charge in [-0.15, -0.1) is 0 Å². The fourth-order valence-electron chi connectivity index (χ4n) is 2.00. The number of rotatable bonds is 4. The van der Waals surface area contributed by atoms with E-state index in [-0.39, 0.29) is 25.8 Å². The van der Waals surface area contributed by atoms with Gasteiger partial charge in [0.2, 0.25) is 0 Å². The van der Waals surface area contributed by atoms with Crippen molar-refractivity contribution in [2.24, 2.45) is 11.7 Å². The van der Waals surface area contributed by atoms with Crippen LogP contribution in [0.2, 0.25) is 0 Å². The van der Waals surface area contributed by atoms with E-state index in [0.29, 0.717) is 6.54 Å². The number of aliphatic hydroxyl groups excluding tert-OH is 1. The summed E-state index contributed by atoms with van der Waals surface area (Å²) < 4.78 is 43.5. The summed E-state index contributed by atoms with van der Waals surface area (Å²) >= 11 is 4.47. The highest BCUT2D eigenvalue weighted by Crippen LogP contribution is 2.28. The van der Waals surface area contributed by atoms with Crippen LogP contribution in [0.3, 0.4) is 0 Å². The third kappa shape index (κ3) is 4.34. The zero-order valence-corrected chi connectivity index (χ0v) is 10.8. The molecule has 0 aromatic rings. The summed E-state index contributed by atoms with van der Waals surface area (Å²) in [5.41, 5.74) is 5.15. The minimum atomic E-state index is -4.44. The summed E-state index contributed by atoms with van der Waals surface area (Å²) in [4.78, 5) is 1.02. The minimum absolute atomic E-state index is 0.218. The van der Waals surface area contributed by atoms with E-state index in [9.17, 15) is 13.2 Å². The molecule has 1 aliphatic rings. The number of morpholine rings is 1. The molecule has 18 heavy (non-hydrogen) atoms. The van der Waals surface area contributed by atoms with Crippen LogP contribution in [0.1, 0.15) is 6.92 Å². The minimum Gasteiger partial charge on any atom is -0.394 e. The maximum Gasteiger partial charge on any atom is 0.399 e. The molecule has 106 valence electrons. The van der Waals surface area contributed by atoms with Gasteiger partial charge in [-0.1, -0.05) is 12.2 Å². The maximum absolute atomic E-state index is 12.7. The summed E-state index contributed by atoms with van der Waals surface area (Å²) in [6, 6.07) is 0. The largest absolute Gasteiger partial charge is 0.399 e. The summed E-state index contributed by atoms with van der Waals surface area (Å²) in [5.74, 6) is -1.82. The Hall–Kier alpha value is -0.440. The molecular formula is C10H17F3N2O2S. The van der Waals surface area contributed by atoms with Gasteiger partial charge in [-0.25, -0.2) is 0 Å². The third-order valence-corrected chi connectivity index (χ3v) is 3.07. The molecule has 0 amide bonds. The van der Waals surface area contributed by atoms with E-state index in [4.69, 9.17) is 15.6 Å². The van der Waals surface area contributed by atoms with Crippen LogP contribution in [0.15, 0.2) is 0 Å². The maximum atomic E-state index is 12.7. The van der Waals surface area contributed by atoms with Gasteiger partial charge in [0.15, 0.2) is 0 Å². The fraction of sp³-hybridized carbons (Fsp3) is 0.900. The number of ether oxygens (including phenoxy) is 1. The number of hydrogen-bond donors (Lipinski definition) is 2. The predicted molar refractivity (Wildman–Crippen MR) is 64.2 cm³/mol. The number of aliphatic hydroxyl groups is 1. The first-order chi connectivity index (χ1) is 8.24. The highest BCUT2D eigenvalue weighted by molar-refractivity contribution is 7.80. The van der Waals surface area contributed by atoms with Crippen LogP contribution in [-0.2, 0) is 4.74 Å². The molecular weight excluding hydrogens is 269 g/mol. The van der Waals surface area contributed by atoms with Crippen LogP contribution in [0.4, 0.5) is 13.2 Å². The SMILES string of the molecule is CC1CN(CC(C(N)=S)C(F)(F)F)CC(CO)O1. The molecule has 3 unspecified atom stereocenters. The van der Waals surface area contributed by atoms with Crippen LogP contribution < -0.4 is 5.73 Å². The van der Waals surface area contributed by atoms with Crippen molar-refractivity contribution in [3.8, 4) is 0 Å². The van der Waals surface area contributed by atoms with E-state index in [1.54, 1.807) is 11.8 Å². The molecule has 8 heteroatoms. The molecule has 3 atom stereocenters. The number of hydrogen-bond acceptors (Lipinski definition) is 4. The monoisotopic (exact) mass is 286 g/mol. The van der Waals surface area contributed by atoms with Gasteiger partial charge in [0.05, 0.1) is 23.8 Å². The van der Waals surface area contributed by atoms with Crippen molar-refractivity contribution < 1.29 is 23.0 Å². The van der Waals surface area contributed by atoms with E-state index in [1.165, 1.54) is 0 Å². The first-order valence-electron chi connectivity index (χ1n) is 5.58. The zero-order valence-electron chi connectivity index (χ0n) is 9.98. The highest BCUT2D eigenvalue weighted by atomic mass is 32.1. The Morgan fingerprint density at radius 1 is 1.56 bits per heavy atom. The Labute approximate surface area is 109 Å². The van der Waals surface area contributed by atoms with Crippen LogP contribution in [0.5, 0.6) is 0 Å². The predicted octanol–water partition coefficient (Wildman–Crippen LogP) is 0.533. The summed E-state index contributed by atoms with van der Waals surface area (Å²) in [7, 11) is 0. The summed E-state index contributed by atoms with van der Waals surface area (Å²) in [6.07, 6.45) is -5.13. The number of thiocarbonyl (C=S) groups is 1. The smallest absolute Gasteiger partial charge is 0.394 e. The molecule has 1 fully saturated rings. The normalized spacial score (nSPS) is 28.1. The fourth-order valence-corrected chi connectivity index (χ4v) is 2.21. The number of halogens is 3. The topological polar surface area (TPSA) is 58.7 Å². The average Bonchev–Trinajstić information content (AvgIpc) is 2.23. The second-order valence-corrected chi connectivity index (χ2v) is 4.94. The van der Waals surface area contributed by atoms with E-state index in [0.717, 1.165) is 0 Å². The van der Waals surface area contributed by atoms with Crippen molar-refractivity contribution >= 4 is 17.2 Å². The second-order valence-electron chi connectivity index (χ2n) is 4.47. The Morgan fingerprint density at radius 2 is 2.17 bits per heavy atom. The van der Waals surface area contributed by atoms with Crippen LogP contribution in [0.25, 0.3) is 0 Å². The van der Waals surface area contributed by atoms with Crippen molar-refractivity contribution in [3.63, 3.8) is 0 Å². The van der Waals surface area contributed by atoms with Gasteiger partial charge in [0, 0.05) is 19.6 Å². The molecule has 0 aromatic carbocycles.